The quantitative estimate of drug-likeness (QED) is 0.493. The summed E-state index contributed by atoms with van der Waals surface area (Å²) in [6, 6.07) is 8.54. The minimum Gasteiger partial charge on any atom is -0.465 e. The first-order valence-electron chi connectivity index (χ1n) is 7.11. The number of ether oxygens (including phenoxy) is 1. The van der Waals surface area contributed by atoms with Gasteiger partial charge in [0.1, 0.15) is 0 Å². The first kappa shape index (κ1) is 19.5. The Morgan fingerprint density at radius 1 is 1.15 bits per heavy atom. The van der Waals surface area contributed by atoms with Crippen LogP contribution in [0.5, 0.6) is 0 Å². The molecule has 1 amide bonds. The van der Waals surface area contributed by atoms with Crippen LogP contribution in [-0.2, 0) is 10.9 Å². The predicted octanol–water partition coefficient (Wildman–Crippen LogP) is 3.91. The van der Waals surface area contributed by atoms with Crippen LogP contribution in [-0.4, -0.2) is 25.2 Å². The van der Waals surface area contributed by atoms with E-state index in [-0.39, 0.29) is 10.6 Å². The second kappa shape index (κ2) is 8.01. The van der Waals surface area contributed by atoms with Gasteiger partial charge in [-0.2, -0.15) is 18.3 Å². The molecule has 136 valence electrons. The van der Waals surface area contributed by atoms with E-state index in [1.165, 1.54) is 25.5 Å². The van der Waals surface area contributed by atoms with Crippen molar-refractivity contribution in [1.82, 2.24) is 5.43 Å². The number of nitrogens with one attached hydrogen (secondary N) is 1. The monoisotopic (exact) mass is 384 g/mol. The summed E-state index contributed by atoms with van der Waals surface area (Å²) in [5, 5.41) is 3.53. The second-order valence-electron chi connectivity index (χ2n) is 5.01. The number of hydrogen-bond acceptors (Lipinski definition) is 4. The molecule has 2 aromatic rings. The van der Waals surface area contributed by atoms with Gasteiger partial charge in [-0.25, -0.2) is 10.2 Å². The molecule has 2 aromatic carbocycles. The third-order valence-electron chi connectivity index (χ3n) is 3.25. The molecule has 1 N–H and O–H groups in total. The van der Waals surface area contributed by atoms with E-state index in [0.717, 1.165) is 12.1 Å². The number of methoxy groups -OCH3 is 1. The molecular weight excluding hydrogens is 373 g/mol. The molecule has 0 bridgehead atoms. The molecule has 26 heavy (non-hydrogen) atoms. The number of nitrogens with zero attached hydrogens (tertiary/aromatic N) is 1. The summed E-state index contributed by atoms with van der Waals surface area (Å²) in [6.45, 7) is 0. The van der Waals surface area contributed by atoms with Crippen molar-refractivity contribution in [2.24, 2.45) is 5.10 Å². The number of carbonyl (C=O) groups is 2. The first-order valence-corrected chi connectivity index (χ1v) is 7.48. The van der Waals surface area contributed by atoms with Crippen LogP contribution < -0.4 is 5.43 Å². The van der Waals surface area contributed by atoms with Crippen LogP contribution in [0.15, 0.2) is 47.6 Å². The van der Waals surface area contributed by atoms with Crippen LogP contribution in [0.2, 0.25) is 5.02 Å². The van der Waals surface area contributed by atoms with Gasteiger partial charge in [-0.15, -0.1) is 0 Å². The van der Waals surface area contributed by atoms with E-state index in [1.54, 1.807) is 12.1 Å². The Balaban J connectivity index is 2.09. The number of rotatable bonds is 4. The highest BCUT2D eigenvalue weighted by Crippen LogP contribution is 2.31. The minimum atomic E-state index is -4.59. The summed E-state index contributed by atoms with van der Waals surface area (Å²) >= 11 is 5.77. The van der Waals surface area contributed by atoms with Crippen LogP contribution in [0.3, 0.4) is 0 Å². The second-order valence-corrected chi connectivity index (χ2v) is 5.41. The Morgan fingerprint density at radius 3 is 2.38 bits per heavy atom. The summed E-state index contributed by atoms with van der Waals surface area (Å²) in [6.07, 6.45) is -3.33. The Kier molecular flexibility index (Phi) is 5.99. The van der Waals surface area contributed by atoms with Crippen molar-refractivity contribution in [2.75, 3.05) is 7.11 Å². The Bertz CT molecular complexity index is 849. The lowest BCUT2D eigenvalue weighted by molar-refractivity contribution is -0.137. The van der Waals surface area contributed by atoms with Gasteiger partial charge in [0.2, 0.25) is 0 Å². The summed E-state index contributed by atoms with van der Waals surface area (Å²) in [5.41, 5.74) is 1.65. The first-order chi connectivity index (χ1) is 12.2. The lowest BCUT2D eigenvalue weighted by Gasteiger charge is -2.09. The molecule has 0 radical (unpaired) electrons. The van der Waals surface area contributed by atoms with E-state index < -0.39 is 23.6 Å². The number of esters is 1. The SMILES string of the molecule is COC(=O)c1ccc(/C=N/NC(=O)c2cc(C(F)(F)F)ccc2Cl)cc1. The molecule has 2 rings (SSSR count). The van der Waals surface area contributed by atoms with E-state index in [0.29, 0.717) is 17.2 Å². The van der Waals surface area contributed by atoms with Gasteiger partial charge in [-0.3, -0.25) is 4.79 Å². The van der Waals surface area contributed by atoms with Crippen LogP contribution >= 0.6 is 11.6 Å². The molecule has 0 unspecified atom stereocenters. The number of alkyl halides is 3. The number of benzene rings is 2. The van der Waals surface area contributed by atoms with Crippen molar-refractivity contribution in [3.05, 3.63) is 69.7 Å². The van der Waals surface area contributed by atoms with Crippen molar-refractivity contribution < 1.29 is 27.5 Å². The number of carbonyl (C=O) groups excluding carboxylic acids is 2. The average molecular weight is 385 g/mol. The van der Waals surface area contributed by atoms with Crippen LogP contribution in [0.4, 0.5) is 13.2 Å². The summed E-state index contributed by atoms with van der Waals surface area (Å²) in [5.74, 6) is -1.38. The molecule has 0 heterocycles. The molecule has 0 saturated carbocycles. The molecule has 0 atom stereocenters. The highest BCUT2D eigenvalue weighted by atomic mass is 35.5. The van der Waals surface area contributed by atoms with Crippen molar-refractivity contribution in [3.8, 4) is 0 Å². The zero-order valence-corrected chi connectivity index (χ0v) is 14.1. The lowest BCUT2D eigenvalue weighted by atomic mass is 10.1. The fraction of sp³-hybridized carbons (Fsp3) is 0.118. The highest BCUT2D eigenvalue weighted by Gasteiger charge is 2.31. The van der Waals surface area contributed by atoms with Crippen molar-refractivity contribution >= 4 is 29.7 Å². The third kappa shape index (κ3) is 4.82. The van der Waals surface area contributed by atoms with Gasteiger partial charge in [-0.1, -0.05) is 23.7 Å². The molecule has 0 fully saturated rings. The Hall–Kier alpha value is -2.87. The maximum Gasteiger partial charge on any atom is 0.416 e. The van der Waals surface area contributed by atoms with E-state index >= 15 is 0 Å². The number of amides is 1. The largest absolute Gasteiger partial charge is 0.465 e. The number of hydrogen-bond donors (Lipinski definition) is 1. The topological polar surface area (TPSA) is 67.8 Å². The highest BCUT2D eigenvalue weighted by molar-refractivity contribution is 6.33. The molecule has 5 nitrogen and oxygen atoms in total. The third-order valence-corrected chi connectivity index (χ3v) is 3.58. The summed E-state index contributed by atoms with van der Waals surface area (Å²) in [7, 11) is 1.26. The standard InChI is InChI=1S/C17H12ClF3N2O3/c1-26-16(25)11-4-2-10(3-5-11)9-22-23-15(24)13-8-12(17(19,20)21)6-7-14(13)18/h2-9H,1H3,(H,23,24)/b22-9+. The van der Waals surface area contributed by atoms with Gasteiger partial charge in [-0.05, 0) is 35.9 Å². The van der Waals surface area contributed by atoms with Gasteiger partial charge >= 0.3 is 12.1 Å². The number of halogens is 4. The zero-order valence-electron chi connectivity index (χ0n) is 13.3. The van der Waals surface area contributed by atoms with Gasteiger partial charge < -0.3 is 4.74 Å². The molecular formula is C17H12ClF3N2O3. The van der Waals surface area contributed by atoms with Crippen LogP contribution in [0.1, 0.15) is 31.8 Å². The average Bonchev–Trinajstić information content (AvgIpc) is 2.61. The van der Waals surface area contributed by atoms with Crippen molar-refractivity contribution in [1.29, 1.82) is 0 Å². The smallest absolute Gasteiger partial charge is 0.416 e. The molecule has 0 saturated heterocycles. The van der Waals surface area contributed by atoms with Crippen molar-refractivity contribution in [3.63, 3.8) is 0 Å². The van der Waals surface area contributed by atoms with E-state index in [9.17, 15) is 22.8 Å². The molecule has 0 aliphatic heterocycles. The van der Waals surface area contributed by atoms with Crippen LogP contribution in [0, 0.1) is 0 Å². The van der Waals surface area contributed by atoms with E-state index in [4.69, 9.17) is 11.6 Å². The van der Waals surface area contributed by atoms with Gasteiger partial charge in [0.15, 0.2) is 0 Å². The lowest BCUT2D eigenvalue weighted by Crippen LogP contribution is -2.19. The molecule has 0 aromatic heterocycles. The summed E-state index contributed by atoms with van der Waals surface area (Å²) in [4.78, 5) is 23.3. The van der Waals surface area contributed by atoms with E-state index in [2.05, 4.69) is 15.3 Å². The molecule has 0 aliphatic carbocycles. The minimum absolute atomic E-state index is 0.131. The van der Waals surface area contributed by atoms with Gasteiger partial charge in [0.25, 0.3) is 5.91 Å². The Labute approximate surface area is 151 Å². The Morgan fingerprint density at radius 2 is 1.81 bits per heavy atom. The maximum atomic E-state index is 12.7. The molecule has 0 aliphatic rings. The van der Waals surface area contributed by atoms with Crippen molar-refractivity contribution in [2.45, 2.75) is 6.18 Å². The fourth-order valence-electron chi connectivity index (χ4n) is 1.92. The van der Waals surface area contributed by atoms with Gasteiger partial charge in [0.05, 0.1) is 35.0 Å². The fourth-order valence-corrected chi connectivity index (χ4v) is 2.13. The normalized spacial score (nSPS) is 11.4. The van der Waals surface area contributed by atoms with Gasteiger partial charge in [0, 0.05) is 0 Å². The van der Waals surface area contributed by atoms with E-state index in [1.807, 2.05) is 0 Å². The maximum absolute atomic E-state index is 12.7. The van der Waals surface area contributed by atoms with Crippen LogP contribution in [0.25, 0.3) is 0 Å². The molecule has 9 heteroatoms. The predicted molar refractivity (Wildman–Crippen MR) is 89.3 cm³/mol. The molecule has 0 spiro atoms. The zero-order chi connectivity index (χ0) is 19.3. The number of hydrazone groups is 1. The summed E-state index contributed by atoms with van der Waals surface area (Å²) < 4.78 is 42.7.